The van der Waals surface area contributed by atoms with Gasteiger partial charge in [-0.3, -0.25) is 15.4 Å². The van der Waals surface area contributed by atoms with Gasteiger partial charge in [-0.25, -0.2) is 15.0 Å². The molecule has 4 rings (SSSR count). The van der Waals surface area contributed by atoms with E-state index in [1.807, 2.05) is 13.8 Å². The number of nitrogens with zero attached hydrogens (tertiary/aromatic N) is 6. The normalized spacial score (nSPS) is 17.2. The standard InChI is InChI=1S/C24H35N9O2/c1-14(2)28-23-22(26)32(17(5)25)11-19(29-23)24-30-18-10-27-21(31-7-8-35-13-15(31)3)9-20(18)33(24)16(4)12-34-6/h9-11,14-16,25-26H,7-8,12-13H2,1-6H3,(H,28,29)/t15-,16-/m0/s1. The van der Waals surface area contributed by atoms with Crippen molar-refractivity contribution in [1.29, 1.82) is 10.8 Å². The van der Waals surface area contributed by atoms with Crippen LogP contribution in [0.1, 0.15) is 40.7 Å². The number of hydrogen-bond donors (Lipinski definition) is 3. The van der Waals surface area contributed by atoms with Gasteiger partial charge in [0.15, 0.2) is 17.1 Å². The zero-order chi connectivity index (χ0) is 25.3. The third-order valence-corrected chi connectivity index (χ3v) is 6.04. The Balaban J connectivity index is 1.93. The molecule has 2 atom stereocenters. The zero-order valence-corrected chi connectivity index (χ0v) is 21.3. The summed E-state index contributed by atoms with van der Waals surface area (Å²) < 4.78 is 14.7. The molecule has 0 unspecified atom stereocenters. The Morgan fingerprint density at radius 2 is 2.09 bits per heavy atom. The molecule has 1 fully saturated rings. The maximum atomic E-state index is 8.53. The minimum Gasteiger partial charge on any atom is -0.383 e. The molecule has 188 valence electrons. The van der Waals surface area contributed by atoms with Crippen molar-refractivity contribution in [3.63, 3.8) is 0 Å². The van der Waals surface area contributed by atoms with Crippen LogP contribution in [0.3, 0.4) is 0 Å². The Morgan fingerprint density at radius 1 is 1.31 bits per heavy atom. The molecular formula is C24H35N9O2. The summed E-state index contributed by atoms with van der Waals surface area (Å²) in [4.78, 5) is 16.6. The largest absolute Gasteiger partial charge is 0.383 e. The summed E-state index contributed by atoms with van der Waals surface area (Å²) in [7, 11) is 1.68. The van der Waals surface area contributed by atoms with Crippen molar-refractivity contribution >= 4 is 28.5 Å². The highest BCUT2D eigenvalue weighted by Crippen LogP contribution is 2.30. The number of ether oxygens (including phenoxy) is 2. The summed E-state index contributed by atoms with van der Waals surface area (Å²) in [6.45, 7) is 12.5. The fourth-order valence-corrected chi connectivity index (χ4v) is 4.40. The Bertz CT molecular complexity index is 1280. The Kier molecular flexibility index (Phi) is 7.18. The number of hydrogen-bond acceptors (Lipinski definition) is 9. The second kappa shape index (κ2) is 10.1. The molecule has 1 aliphatic heterocycles. The molecule has 11 nitrogen and oxygen atoms in total. The summed E-state index contributed by atoms with van der Waals surface area (Å²) in [6.07, 6.45) is 3.50. The first-order valence-corrected chi connectivity index (χ1v) is 11.9. The summed E-state index contributed by atoms with van der Waals surface area (Å²) in [5.41, 5.74) is 2.38. The van der Waals surface area contributed by atoms with Gasteiger partial charge in [-0.15, -0.1) is 0 Å². The zero-order valence-electron chi connectivity index (χ0n) is 21.3. The predicted octanol–water partition coefficient (Wildman–Crippen LogP) is 2.87. The second-order valence-corrected chi connectivity index (χ2v) is 9.34. The maximum Gasteiger partial charge on any atom is 0.173 e. The van der Waals surface area contributed by atoms with Crippen LogP contribution in [0.4, 0.5) is 11.6 Å². The first-order chi connectivity index (χ1) is 16.7. The van der Waals surface area contributed by atoms with Gasteiger partial charge in [-0.2, -0.15) is 0 Å². The number of nitrogens with one attached hydrogen (secondary N) is 3. The van der Waals surface area contributed by atoms with Crippen LogP contribution in [0.2, 0.25) is 0 Å². The second-order valence-electron chi connectivity index (χ2n) is 9.34. The van der Waals surface area contributed by atoms with Crippen LogP contribution >= 0.6 is 0 Å². The summed E-state index contributed by atoms with van der Waals surface area (Å²) in [5, 5.41) is 20.0. The predicted molar refractivity (Wildman–Crippen MR) is 136 cm³/mol. The van der Waals surface area contributed by atoms with Crippen molar-refractivity contribution in [3.8, 4) is 11.5 Å². The summed E-state index contributed by atoms with van der Waals surface area (Å²) in [6, 6.07) is 2.34. The van der Waals surface area contributed by atoms with Gasteiger partial charge in [-0.1, -0.05) is 0 Å². The smallest absolute Gasteiger partial charge is 0.173 e. The van der Waals surface area contributed by atoms with Crippen molar-refractivity contribution in [2.75, 3.05) is 43.7 Å². The molecular weight excluding hydrogens is 446 g/mol. The van der Waals surface area contributed by atoms with E-state index in [9.17, 15) is 0 Å². The lowest BCUT2D eigenvalue weighted by molar-refractivity contribution is 0.0985. The van der Waals surface area contributed by atoms with Crippen LogP contribution in [0, 0.1) is 10.8 Å². The maximum absolute atomic E-state index is 8.53. The van der Waals surface area contributed by atoms with Gasteiger partial charge in [0.25, 0.3) is 0 Å². The van der Waals surface area contributed by atoms with Crippen LogP contribution in [-0.2, 0) is 9.47 Å². The van der Waals surface area contributed by atoms with Crippen LogP contribution in [0.15, 0.2) is 18.5 Å². The van der Waals surface area contributed by atoms with Gasteiger partial charge in [0.1, 0.15) is 22.9 Å². The van der Waals surface area contributed by atoms with Crippen molar-refractivity contribution < 1.29 is 9.47 Å². The van der Waals surface area contributed by atoms with Gasteiger partial charge >= 0.3 is 0 Å². The number of pyridine rings is 1. The Hall–Kier alpha value is -3.31. The Morgan fingerprint density at radius 3 is 2.74 bits per heavy atom. The fraction of sp³-hybridized carbons (Fsp3) is 0.542. The van der Waals surface area contributed by atoms with Crippen molar-refractivity contribution in [2.24, 2.45) is 0 Å². The van der Waals surface area contributed by atoms with Crippen molar-refractivity contribution in [1.82, 2.24) is 24.1 Å². The van der Waals surface area contributed by atoms with E-state index in [1.54, 1.807) is 26.4 Å². The van der Waals surface area contributed by atoms with Crippen LogP contribution in [0.5, 0.6) is 0 Å². The van der Waals surface area contributed by atoms with Crippen LogP contribution in [0.25, 0.3) is 22.6 Å². The number of anilines is 2. The van der Waals surface area contributed by atoms with E-state index in [0.717, 1.165) is 23.4 Å². The third kappa shape index (κ3) is 4.92. The van der Waals surface area contributed by atoms with E-state index in [0.29, 0.717) is 37.2 Å². The topological polar surface area (TPSA) is 130 Å². The van der Waals surface area contributed by atoms with Gasteiger partial charge in [-0.05, 0) is 34.6 Å². The molecule has 3 aromatic rings. The summed E-state index contributed by atoms with van der Waals surface area (Å²) >= 11 is 0. The van der Waals surface area contributed by atoms with E-state index in [4.69, 9.17) is 35.2 Å². The number of aromatic nitrogens is 5. The number of morpholine rings is 1. The molecule has 0 amide bonds. The number of fused-ring (bicyclic) bond motifs is 1. The van der Waals surface area contributed by atoms with Crippen LogP contribution in [-0.4, -0.2) is 75.5 Å². The molecule has 0 aliphatic carbocycles. The molecule has 4 heterocycles. The first-order valence-electron chi connectivity index (χ1n) is 11.9. The number of methoxy groups -OCH3 is 1. The molecule has 3 N–H and O–H groups in total. The van der Waals surface area contributed by atoms with E-state index in [-0.39, 0.29) is 29.4 Å². The molecule has 3 aromatic heterocycles. The lowest BCUT2D eigenvalue weighted by atomic mass is 10.2. The van der Waals surface area contributed by atoms with E-state index in [2.05, 4.69) is 34.7 Å². The van der Waals surface area contributed by atoms with Gasteiger partial charge in [0, 0.05) is 32.0 Å². The minimum absolute atomic E-state index is 0.0362. The number of imidazole rings is 1. The molecule has 35 heavy (non-hydrogen) atoms. The van der Waals surface area contributed by atoms with Crippen molar-refractivity contribution in [3.05, 3.63) is 23.9 Å². The molecule has 1 aliphatic rings. The molecule has 0 bridgehead atoms. The highest BCUT2D eigenvalue weighted by molar-refractivity contribution is 5.83. The van der Waals surface area contributed by atoms with Gasteiger partial charge < -0.3 is 24.3 Å². The monoisotopic (exact) mass is 481 g/mol. The lowest BCUT2D eigenvalue weighted by Crippen LogP contribution is -2.44. The van der Waals surface area contributed by atoms with Crippen LogP contribution < -0.4 is 15.7 Å². The lowest BCUT2D eigenvalue weighted by Gasteiger charge is -2.34. The molecule has 1 saturated heterocycles. The first kappa shape index (κ1) is 24.8. The minimum atomic E-state index is -0.0362. The van der Waals surface area contributed by atoms with E-state index in [1.165, 1.54) is 4.57 Å². The molecule has 0 spiro atoms. The van der Waals surface area contributed by atoms with E-state index >= 15 is 0 Å². The summed E-state index contributed by atoms with van der Waals surface area (Å²) in [5.74, 6) is 2.15. The fourth-order valence-electron chi connectivity index (χ4n) is 4.40. The quantitative estimate of drug-likeness (QED) is 0.349. The van der Waals surface area contributed by atoms with Gasteiger partial charge in [0.05, 0.1) is 43.6 Å². The molecule has 0 saturated carbocycles. The average Bonchev–Trinajstić information content (AvgIpc) is 3.19. The SMILES string of the molecule is COC[C@H](C)n1c(-c2cn(C(C)=N)c(=N)c(NC(C)C)n2)nc2cnc(N3CCOC[C@@H]3C)cc21. The highest BCUT2D eigenvalue weighted by Gasteiger charge is 2.24. The molecule has 0 radical (unpaired) electrons. The Labute approximate surface area is 205 Å². The number of rotatable bonds is 7. The van der Waals surface area contributed by atoms with E-state index < -0.39 is 0 Å². The molecule has 0 aromatic carbocycles. The molecule has 11 heteroatoms. The van der Waals surface area contributed by atoms with Crippen molar-refractivity contribution in [2.45, 2.75) is 52.7 Å². The van der Waals surface area contributed by atoms with Gasteiger partial charge in [0.2, 0.25) is 0 Å². The highest BCUT2D eigenvalue weighted by atomic mass is 16.5. The third-order valence-electron chi connectivity index (χ3n) is 6.04. The average molecular weight is 482 g/mol.